The number of phenolic OH excluding ortho intramolecular Hbond substituents is 1. The maximum Gasteiger partial charge on any atom is 0.207 e. The Hall–Kier alpha value is -1.88. The molecule has 5 nitrogen and oxygen atoms in total. The van der Waals surface area contributed by atoms with Crippen molar-refractivity contribution in [3.05, 3.63) is 29.3 Å². The molecule has 0 radical (unpaired) electrons. The number of Topliss-reactive ketones (excluding diaryl/α,β-unsaturated/α-hetero) is 1. The number of aromatic hydroxyl groups is 1. The van der Waals surface area contributed by atoms with E-state index < -0.39 is 0 Å². The van der Waals surface area contributed by atoms with Crippen LogP contribution in [0.25, 0.3) is 0 Å². The number of nitrogens with one attached hydrogen (secondary N) is 1. The highest BCUT2D eigenvalue weighted by atomic mass is 16.3. The Bertz CT molecular complexity index is 778. The minimum Gasteiger partial charge on any atom is -0.508 e. The van der Waals surface area contributed by atoms with E-state index in [2.05, 4.69) is 30.1 Å². The number of rotatable bonds is 5. The Morgan fingerprint density at radius 2 is 2.00 bits per heavy atom. The first-order valence-corrected chi connectivity index (χ1v) is 12.0. The number of benzene rings is 1. The Labute approximate surface area is 187 Å². The number of fused-ring (bicyclic) bond motifs is 5. The normalized spacial score (nSPS) is 31.6. The van der Waals surface area contributed by atoms with Gasteiger partial charge in [0.25, 0.3) is 0 Å². The molecule has 1 amide bonds. The van der Waals surface area contributed by atoms with Crippen molar-refractivity contribution in [3.8, 4) is 5.75 Å². The van der Waals surface area contributed by atoms with Gasteiger partial charge in [-0.15, -0.1) is 0 Å². The molecule has 1 aromatic rings. The monoisotopic (exact) mass is 428 g/mol. The molecule has 4 rings (SSSR count). The lowest BCUT2D eigenvalue weighted by Crippen LogP contribution is -2.51. The van der Waals surface area contributed by atoms with Crippen LogP contribution in [-0.4, -0.2) is 49.4 Å². The molecule has 5 unspecified atom stereocenters. The third-order valence-electron chi connectivity index (χ3n) is 8.03. The summed E-state index contributed by atoms with van der Waals surface area (Å²) in [6, 6.07) is 5.92. The zero-order valence-corrected chi connectivity index (χ0v) is 19.7. The van der Waals surface area contributed by atoms with Crippen LogP contribution in [-0.2, 0) is 16.0 Å². The first-order chi connectivity index (χ1) is 14.8. The van der Waals surface area contributed by atoms with Crippen molar-refractivity contribution < 1.29 is 14.7 Å². The number of amides is 1. The lowest BCUT2D eigenvalue weighted by Gasteiger charge is -2.54. The van der Waals surface area contributed by atoms with Crippen molar-refractivity contribution in [2.75, 3.05) is 27.2 Å². The van der Waals surface area contributed by atoms with Gasteiger partial charge in [-0.05, 0) is 107 Å². The van der Waals surface area contributed by atoms with Crippen LogP contribution in [0.2, 0.25) is 0 Å². The van der Waals surface area contributed by atoms with Crippen LogP contribution in [0.5, 0.6) is 5.75 Å². The molecule has 0 saturated heterocycles. The second kappa shape index (κ2) is 10.2. The van der Waals surface area contributed by atoms with Crippen molar-refractivity contribution in [2.24, 2.45) is 23.2 Å². The van der Waals surface area contributed by atoms with Crippen LogP contribution in [0.3, 0.4) is 0 Å². The van der Waals surface area contributed by atoms with Crippen LogP contribution in [0, 0.1) is 23.2 Å². The molecule has 0 aliphatic heterocycles. The molecule has 3 aliphatic rings. The summed E-state index contributed by atoms with van der Waals surface area (Å²) >= 11 is 0. The van der Waals surface area contributed by atoms with Gasteiger partial charge in [0.2, 0.25) is 6.41 Å². The van der Waals surface area contributed by atoms with Gasteiger partial charge < -0.3 is 15.3 Å². The minimum absolute atomic E-state index is 0.0761. The molecular weight excluding hydrogens is 388 g/mol. The second-order valence-corrected chi connectivity index (χ2v) is 10.3. The Kier molecular flexibility index (Phi) is 7.79. The van der Waals surface area contributed by atoms with E-state index >= 15 is 0 Å². The standard InChI is InChI=1S/C20H26O2.C6H14N2O/c1-12-3-8-18-17-6-4-13-11-14(21)5-7-15(13)16(17)9-10-20(18,2)19(12)22;1-8(2)5-3-4-7-6-9/h5,7,11-12,16-18,21H,3-4,6,8-10H2,1-2H3;6H,3-5H2,1-2H3,(H,7,9). The number of aryl methyl sites for hydroxylation is 1. The predicted octanol–water partition coefficient (Wildman–Crippen LogP) is 4.14. The van der Waals surface area contributed by atoms with Gasteiger partial charge in [0.05, 0.1) is 0 Å². The zero-order chi connectivity index (χ0) is 22.6. The van der Waals surface area contributed by atoms with Crippen molar-refractivity contribution >= 4 is 12.2 Å². The van der Waals surface area contributed by atoms with Crippen LogP contribution in [0.1, 0.15) is 69.4 Å². The molecule has 0 spiro atoms. The molecule has 3 aliphatic carbocycles. The molecule has 0 heterocycles. The highest BCUT2D eigenvalue weighted by Crippen LogP contribution is 2.59. The molecule has 2 saturated carbocycles. The van der Waals surface area contributed by atoms with Gasteiger partial charge in [-0.25, -0.2) is 0 Å². The van der Waals surface area contributed by atoms with Gasteiger partial charge in [0, 0.05) is 17.9 Å². The van der Waals surface area contributed by atoms with Gasteiger partial charge >= 0.3 is 0 Å². The summed E-state index contributed by atoms with van der Waals surface area (Å²) in [5.74, 6) is 3.00. The van der Waals surface area contributed by atoms with E-state index in [0.717, 1.165) is 51.6 Å². The number of ketones is 1. The van der Waals surface area contributed by atoms with E-state index in [1.54, 1.807) is 0 Å². The van der Waals surface area contributed by atoms with Crippen LogP contribution >= 0.6 is 0 Å². The lowest BCUT2D eigenvalue weighted by atomic mass is 9.49. The number of phenols is 1. The minimum atomic E-state index is -0.0761. The Morgan fingerprint density at radius 1 is 1.23 bits per heavy atom. The summed E-state index contributed by atoms with van der Waals surface area (Å²) in [6.45, 7) is 6.18. The molecule has 1 aromatic carbocycles. The van der Waals surface area contributed by atoms with Crippen molar-refractivity contribution in [1.29, 1.82) is 0 Å². The molecule has 172 valence electrons. The summed E-state index contributed by atoms with van der Waals surface area (Å²) in [7, 11) is 4.03. The zero-order valence-electron chi connectivity index (χ0n) is 19.7. The SMILES string of the molecule is CC1CCC2C3CCc4cc(O)ccc4C3CCC2(C)C1=O.CN(C)CCCNC=O. The number of hydrogen-bond acceptors (Lipinski definition) is 4. The average Bonchev–Trinajstić information content (AvgIpc) is 2.74. The topological polar surface area (TPSA) is 69.6 Å². The summed E-state index contributed by atoms with van der Waals surface area (Å²) in [4.78, 5) is 24.6. The van der Waals surface area contributed by atoms with Crippen molar-refractivity contribution in [2.45, 2.75) is 64.7 Å². The molecule has 0 aromatic heterocycles. The molecular formula is C26H40N2O3. The summed E-state index contributed by atoms with van der Waals surface area (Å²) in [6.07, 6.45) is 8.46. The third-order valence-corrected chi connectivity index (χ3v) is 8.03. The van der Waals surface area contributed by atoms with E-state index in [9.17, 15) is 14.7 Å². The quantitative estimate of drug-likeness (QED) is 0.546. The molecule has 31 heavy (non-hydrogen) atoms. The molecule has 5 heteroatoms. The fraction of sp³-hybridized carbons (Fsp3) is 0.692. The fourth-order valence-electron chi connectivity index (χ4n) is 6.41. The van der Waals surface area contributed by atoms with E-state index in [0.29, 0.717) is 29.3 Å². The van der Waals surface area contributed by atoms with Gasteiger partial charge in [-0.2, -0.15) is 0 Å². The van der Waals surface area contributed by atoms with E-state index in [-0.39, 0.29) is 11.3 Å². The second-order valence-electron chi connectivity index (χ2n) is 10.3. The lowest BCUT2D eigenvalue weighted by molar-refractivity contribution is -0.145. The first-order valence-electron chi connectivity index (χ1n) is 12.0. The van der Waals surface area contributed by atoms with E-state index in [1.807, 2.05) is 26.2 Å². The third kappa shape index (κ3) is 5.14. The molecule has 0 bridgehead atoms. The van der Waals surface area contributed by atoms with Crippen LogP contribution < -0.4 is 5.32 Å². The van der Waals surface area contributed by atoms with Gasteiger partial charge in [-0.1, -0.05) is 19.9 Å². The molecule has 2 N–H and O–H groups in total. The maximum atomic E-state index is 12.8. The summed E-state index contributed by atoms with van der Waals surface area (Å²) in [5, 5.41) is 12.3. The number of nitrogens with zero attached hydrogens (tertiary/aromatic N) is 1. The van der Waals surface area contributed by atoms with E-state index in [4.69, 9.17) is 0 Å². The highest BCUT2D eigenvalue weighted by Gasteiger charge is 2.54. The van der Waals surface area contributed by atoms with Crippen LogP contribution in [0.4, 0.5) is 0 Å². The van der Waals surface area contributed by atoms with Crippen molar-refractivity contribution in [1.82, 2.24) is 10.2 Å². The summed E-state index contributed by atoms with van der Waals surface area (Å²) in [5.41, 5.74) is 2.70. The van der Waals surface area contributed by atoms with Crippen molar-refractivity contribution in [3.63, 3.8) is 0 Å². The summed E-state index contributed by atoms with van der Waals surface area (Å²) < 4.78 is 0. The highest BCUT2D eigenvalue weighted by molar-refractivity contribution is 5.87. The first kappa shape index (κ1) is 23.8. The smallest absolute Gasteiger partial charge is 0.207 e. The Balaban J connectivity index is 0.000000259. The number of hydrogen-bond donors (Lipinski definition) is 2. The molecule has 5 atom stereocenters. The number of carbonyl (C=O) groups excluding carboxylic acids is 2. The fourth-order valence-corrected chi connectivity index (χ4v) is 6.41. The largest absolute Gasteiger partial charge is 0.508 e. The van der Waals surface area contributed by atoms with Crippen LogP contribution in [0.15, 0.2) is 18.2 Å². The van der Waals surface area contributed by atoms with E-state index in [1.165, 1.54) is 24.0 Å². The predicted molar refractivity (Wildman–Crippen MR) is 124 cm³/mol. The Morgan fingerprint density at radius 3 is 2.71 bits per heavy atom. The molecule has 2 fully saturated rings. The van der Waals surface area contributed by atoms with Gasteiger partial charge in [-0.3, -0.25) is 9.59 Å². The van der Waals surface area contributed by atoms with Gasteiger partial charge in [0.15, 0.2) is 0 Å². The maximum absolute atomic E-state index is 12.8. The van der Waals surface area contributed by atoms with Gasteiger partial charge in [0.1, 0.15) is 11.5 Å². The average molecular weight is 429 g/mol. The number of carbonyl (C=O) groups is 2.